The summed E-state index contributed by atoms with van der Waals surface area (Å²) in [6.45, 7) is 2.56. The van der Waals surface area contributed by atoms with E-state index < -0.39 is 11.3 Å². The Balaban J connectivity index is 1.59. The minimum Gasteiger partial charge on any atom is -0.395 e. The Morgan fingerprint density at radius 1 is 1.31 bits per heavy atom. The van der Waals surface area contributed by atoms with Crippen LogP contribution in [0.2, 0.25) is 0 Å². The number of aliphatic hydroxyl groups is 1. The van der Waals surface area contributed by atoms with Crippen LogP contribution in [0, 0.1) is 5.41 Å². The molecule has 1 aliphatic heterocycles. The predicted octanol–water partition coefficient (Wildman–Crippen LogP) is -0.789. The average molecular weight is 364 g/mol. The van der Waals surface area contributed by atoms with Crippen LogP contribution >= 0.6 is 0 Å². The fourth-order valence-corrected chi connectivity index (χ4v) is 3.69. The number of rotatable bonds is 7. The average Bonchev–Trinajstić information content (AvgIpc) is 3.36. The van der Waals surface area contributed by atoms with E-state index in [9.17, 15) is 9.59 Å². The van der Waals surface area contributed by atoms with Crippen molar-refractivity contribution in [1.82, 2.24) is 24.6 Å². The second-order valence-corrected chi connectivity index (χ2v) is 7.51. The highest BCUT2D eigenvalue weighted by molar-refractivity contribution is 6.07. The van der Waals surface area contributed by atoms with E-state index in [-0.39, 0.29) is 18.4 Å². The topological polar surface area (TPSA) is 118 Å². The summed E-state index contributed by atoms with van der Waals surface area (Å²) >= 11 is 0. The molecule has 2 amide bonds. The molecule has 1 aromatic heterocycles. The van der Waals surface area contributed by atoms with Crippen molar-refractivity contribution in [1.29, 1.82) is 0 Å². The van der Waals surface area contributed by atoms with Crippen molar-refractivity contribution in [3.63, 3.8) is 0 Å². The maximum absolute atomic E-state index is 12.6. The van der Waals surface area contributed by atoms with Crippen LogP contribution < -0.4 is 5.73 Å². The fraction of sp³-hybridized carbons (Fsp3) is 0.765. The molecule has 3 rings (SSSR count). The number of nitrogens with two attached hydrogens (primary N) is 1. The zero-order valence-corrected chi connectivity index (χ0v) is 15.5. The molecule has 0 aromatic carbocycles. The highest BCUT2D eigenvalue weighted by Crippen LogP contribution is 2.47. The van der Waals surface area contributed by atoms with Gasteiger partial charge < -0.3 is 20.3 Å². The van der Waals surface area contributed by atoms with E-state index in [4.69, 9.17) is 10.8 Å². The number of nitrogens with zero attached hydrogens (tertiary/aromatic N) is 5. The molecule has 0 atom stereocenters. The summed E-state index contributed by atoms with van der Waals surface area (Å²) < 4.78 is 2.02. The first-order valence-corrected chi connectivity index (χ1v) is 9.16. The molecule has 9 nitrogen and oxygen atoms in total. The number of likely N-dealkylation sites (tertiary alicyclic amines) is 1. The van der Waals surface area contributed by atoms with E-state index in [0.717, 1.165) is 24.5 Å². The molecule has 1 aliphatic carbocycles. The van der Waals surface area contributed by atoms with Crippen molar-refractivity contribution in [2.24, 2.45) is 18.2 Å². The van der Waals surface area contributed by atoms with Gasteiger partial charge in [-0.1, -0.05) is 0 Å². The zero-order chi connectivity index (χ0) is 18.9. The number of carbonyl (C=O) groups is 2. The van der Waals surface area contributed by atoms with E-state index in [2.05, 4.69) is 10.2 Å². The Morgan fingerprint density at radius 2 is 1.96 bits per heavy atom. The third-order valence-electron chi connectivity index (χ3n) is 5.67. The first-order chi connectivity index (χ1) is 12.4. The van der Waals surface area contributed by atoms with Crippen LogP contribution in [-0.4, -0.2) is 74.8 Å². The van der Waals surface area contributed by atoms with Gasteiger partial charge in [0.25, 0.3) is 0 Å². The number of piperidine rings is 1. The molecule has 0 radical (unpaired) electrons. The monoisotopic (exact) mass is 364 g/mol. The molecule has 0 bridgehead atoms. The number of hydrogen-bond donors (Lipinski definition) is 2. The maximum atomic E-state index is 12.6. The lowest BCUT2D eigenvalue weighted by Crippen LogP contribution is -2.46. The Labute approximate surface area is 153 Å². The summed E-state index contributed by atoms with van der Waals surface area (Å²) in [6, 6.07) is 0. The minimum atomic E-state index is -0.928. The second kappa shape index (κ2) is 7.32. The summed E-state index contributed by atoms with van der Waals surface area (Å²) in [7, 11) is 3.89. The number of primary amides is 1. The van der Waals surface area contributed by atoms with Gasteiger partial charge in [0.2, 0.25) is 11.8 Å². The van der Waals surface area contributed by atoms with Crippen LogP contribution in [0.4, 0.5) is 0 Å². The number of aliphatic hydroxyl groups excluding tert-OH is 1. The van der Waals surface area contributed by atoms with E-state index in [1.165, 1.54) is 0 Å². The van der Waals surface area contributed by atoms with E-state index >= 15 is 0 Å². The van der Waals surface area contributed by atoms with E-state index in [0.29, 0.717) is 39.0 Å². The standard InChI is InChI=1S/C17H28N6O3/c1-21(9-10-24)11-13-19-20-14(22(13)2)12-3-7-23(8-4-12)16(26)17(5-6-17)15(18)25/h12,24H,3-11H2,1-2H3,(H2,18,25). The number of aromatic nitrogens is 3. The van der Waals surface area contributed by atoms with Crippen LogP contribution in [-0.2, 0) is 23.2 Å². The largest absolute Gasteiger partial charge is 0.395 e. The van der Waals surface area contributed by atoms with Crippen LogP contribution in [0.25, 0.3) is 0 Å². The third-order valence-corrected chi connectivity index (χ3v) is 5.67. The summed E-state index contributed by atoms with van der Waals surface area (Å²) in [4.78, 5) is 27.9. The van der Waals surface area contributed by atoms with Crippen molar-refractivity contribution < 1.29 is 14.7 Å². The first kappa shape index (κ1) is 18.8. The van der Waals surface area contributed by atoms with Gasteiger partial charge in [-0.2, -0.15) is 0 Å². The SMILES string of the molecule is CN(CCO)Cc1nnc(C2CCN(C(=O)C3(C(N)=O)CC3)CC2)n1C. The predicted molar refractivity (Wildman–Crippen MR) is 93.8 cm³/mol. The van der Waals surface area contributed by atoms with Gasteiger partial charge in [-0.05, 0) is 32.7 Å². The second-order valence-electron chi connectivity index (χ2n) is 7.51. The quantitative estimate of drug-likeness (QED) is 0.612. The smallest absolute Gasteiger partial charge is 0.238 e. The van der Waals surface area contributed by atoms with Crippen LogP contribution in [0.5, 0.6) is 0 Å². The lowest BCUT2D eigenvalue weighted by atomic mass is 9.94. The lowest BCUT2D eigenvalue weighted by Gasteiger charge is -2.33. The minimum absolute atomic E-state index is 0.104. The van der Waals surface area contributed by atoms with Gasteiger partial charge in [-0.15, -0.1) is 10.2 Å². The first-order valence-electron chi connectivity index (χ1n) is 9.16. The van der Waals surface area contributed by atoms with Crippen molar-refractivity contribution in [2.45, 2.75) is 38.1 Å². The zero-order valence-electron chi connectivity index (χ0n) is 15.5. The maximum Gasteiger partial charge on any atom is 0.238 e. The number of likely N-dealkylation sites (N-methyl/N-ethyl adjacent to an activating group) is 1. The molecule has 2 aliphatic rings. The molecule has 0 spiro atoms. The normalized spacial score (nSPS) is 19.8. The van der Waals surface area contributed by atoms with Crippen molar-refractivity contribution in [2.75, 3.05) is 33.3 Å². The molecule has 1 saturated carbocycles. The van der Waals surface area contributed by atoms with Gasteiger partial charge in [0.1, 0.15) is 17.1 Å². The molecule has 2 heterocycles. The van der Waals surface area contributed by atoms with Gasteiger partial charge in [0, 0.05) is 32.6 Å². The highest BCUT2D eigenvalue weighted by Gasteiger charge is 2.57. The Morgan fingerprint density at radius 3 is 2.50 bits per heavy atom. The summed E-state index contributed by atoms with van der Waals surface area (Å²) in [5.41, 5.74) is 4.49. The molecule has 3 N–H and O–H groups in total. The molecule has 0 unspecified atom stereocenters. The van der Waals surface area contributed by atoms with Crippen molar-refractivity contribution in [3.8, 4) is 0 Å². The van der Waals surface area contributed by atoms with Crippen LogP contribution in [0.3, 0.4) is 0 Å². The summed E-state index contributed by atoms with van der Waals surface area (Å²) in [5.74, 6) is 1.44. The Bertz CT molecular complexity index is 676. The van der Waals surface area contributed by atoms with Gasteiger partial charge in [-0.3, -0.25) is 14.5 Å². The van der Waals surface area contributed by atoms with Crippen LogP contribution in [0.1, 0.15) is 43.3 Å². The fourth-order valence-electron chi connectivity index (χ4n) is 3.69. The molecule has 26 heavy (non-hydrogen) atoms. The van der Waals surface area contributed by atoms with Crippen molar-refractivity contribution >= 4 is 11.8 Å². The van der Waals surface area contributed by atoms with Crippen LogP contribution in [0.15, 0.2) is 0 Å². The van der Waals surface area contributed by atoms with E-state index in [1.54, 1.807) is 4.90 Å². The lowest BCUT2D eigenvalue weighted by molar-refractivity contribution is -0.143. The number of hydrogen-bond acceptors (Lipinski definition) is 6. The van der Waals surface area contributed by atoms with Gasteiger partial charge >= 0.3 is 0 Å². The molecular formula is C17H28N6O3. The molecule has 2 fully saturated rings. The molecule has 9 heteroatoms. The molecular weight excluding hydrogens is 336 g/mol. The van der Waals surface area contributed by atoms with Crippen molar-refractivity contribution in [3.05, 3.63) is 11.6 Å². The van der Waals surface area contributed by atoms with Gasteiger partial charge in [0.15, 0.2) is 0 Å². The third kappa shape index (κ3) is 3.45. The van der Waals surface area contributed by atoms with Gasteiger partial charge in [-0.25, -0.2) is 0 Å². The Kier molecular flexibility index (Phi) is 5.29. The highest BCUT2D eigenvalue weighted by atomic mass is 16.3. The molecule has 1 aromatic rings. The molecule has 1 saturated heterocycles. The van der Waals surface area contributed by atoms with E-state index in [1.807, 2.05) is 23.6 Å². The van der Waals surface area contributed by atoms with Gasteiger partial charge in [0.05, 0.1) is 13.2 Å². The Hall–Kier alpha value is -2.00. The molecule has 144 valence electrons. The summed E-state index contributed by atoms with van der Waals surface area (Å²) in [6.07, 6.45) is 2.77. The number of carbonyl (C=O) groups excluding carboxylic acids is 2. The number of amides is 2. The summed E-state index contributed by atoms with van der Waals surface area (Å²) in [5, 5.41) is 17.7.